The zero-order chi connectivity index (χ0) is 26.5. The Kier molecular flexibility index (Phi) is 11.8. The van der Waals surface area contributed by atoms with Gasteiger partial charge in [0.15, 0.2) is 5.58 Å². The van der Waals surface area contributed by atoms with Crippen molar-refractivity contribution in [2.24, 2.45) is 5.92 Å². The Morgan fingerprint density at radius 3 is 2.33 bits per heavy atom. The van der Waals surface area contributed by atoms with E-state index in [4.69, 9.17) is 14.1 Å². The van der Waals surface area contributed by atoms with E-state index < -0.39 is 17.9 Å². The van der Waals surface area contributed by atoms with E-state index in [0.717, 1.165) is 38.6 Å². The summed E-state index contributed by atoms with van der Waals surface area (Å²) in [5.74, 6) is -3.52. The van der Waals surface area contributed by atoms with Crippen LogP contribution in [-0.2, 0) is 9.59 Å². The molecule has 4 aromatic carbocycles. The van der Waals surface area contributed by atoms with Crippen LogP contribution in [0.5, 0.6) is 5.75 Å². The van der Waals surface area contributed by atoms with Crippen molar-refractivity contribution in [3.63, 3.8) is 0 Å². The van der Waals surface area contributed by atoms with Crippen molar-refractivity contribution >= 4 is 33.8 Å². The van der Waals surface area contributed by atoms with E-state index in [1.54, 1.807) is 0 Å². The number of hydrogen-bond donors (Lipinski definition) is 0. The van der Waals surface area contributed by atoms with Gasteiger partial charge in [0.05, 0.1) is 18.5 Å². The van der Waals surface area contributed by atoms with E-state index in [-0.39, 0.29) is 65.5 Å². The summed E-state index contributed by atoms with van der Waals surface area (Å²) in [7, 11) is 0. The van der Waals surface area contributed by atoms with Gasteiger partial charge < -0.3 is 29.0 Å². The standard InChI is InChI=1S/C31H27NO6.2Na/c33-30(34)26(31(35)36)11-5-2-6-17-37-23-14-15-24-22(18-23)10-7-12-25(24)29-32-27-19-21(13-16-28(27)38-29)20-8-3-1-4-9-20;;/h1,3-4,7-10,12-16,18-19,26H,2,5-6,11,17H2,(H,33,34)(H,35,36);;/q;2*+1/p-2. The zero-order valence-corrected chi connectivity index (χ0v) is 26.6. The molecule has 7 nitrogen and oxygen atoms in total. The van der Waals surface area contributed by atoms with Crippen LogP contribution in [0.15, 0.2) is 89.3 Å². The van der Waals surface area contributed by atoms with Crippen LogP contribution in [0, 0.1) is 5.92 Å². The second-order valence-electron chi connectivity index (χ2n) is 9.14. The minimum atomic E-state index is -1.61. The van der Waals surface area contributed by atoms with Crippen LogP contribution in [0.3, 0.4) is 0 Å². The molecule has 0 aliphatic carbocycles. The molecule has 0 amide bonds. The maximum atomic E-state index is 10.8. The summed E-state index contributed by atoms with van der Waals surface area (Å²) >= 11 is 0. The molecule has 192 valence electrons. The fourth-order valence-electron chi connectivity index (χ4n) is 4.54. The molecule has 0 fully saturated rings. The van der Waals surface area contributed by atoms with E-state index in [1.807, 2.05) is 72.8 Å². The second-order valence-corrected chi connectivity index (χ2v) is 9.14. The summed E-state index contributed by atoms with van der Waals surface area (Å²) in [5, 5.41) is 23.6. The molecule has 9 heteroatoms. The van der Waals surface area contributed by atoms with Gasteiger partial charge in [-0.1, -0.05) is 61.4 Å². The number of nitrogens with zero attached hydrogens (tertiary/aromatic N) is 1. The van der Waals surface area contributed by atoms with Crippen LogP contribution in [0.4, 0.5) is 0 Å². The molecule has 0 unspecified atom stereocenters. The Morgan fingerprint density at radius 1 is 0.800 bits per heavy atom. The van der Waals surface area contributed by atoms with Crippen molar-refractivity contribution in [1.29, 1.82) is 0 Å². The van der Waals surface area contributed by atoms with Gasteiger partial charge in [0, 0.05) is 11.5 Å². The van der Waals surface area contributed by atoms with Gasteiger partial charge in [-0.25, -0.2) is 4.98 Å². The summed E-state index contributed by atoms with van der Waals surface area (Å²) in [5.41, 5.74) is 4.61. The summed E-state index contributed by atoms with van der Waals surface area (Å²) in [6.07, 6.45) is 1.73. The summed E-state index contributed by atoms with van der Waals surface area (Å²) in [4.78, 5) is 26.4. The summed E-state index contributed by atoms with van der Waals surface area (Å²) in [6.45, 7) is 0.432. The smallest absolute Gasteiger partial charge is 0.549 e. The maximum Gasteiger partial charge on any atom is 1.00 e. The monoisotopic (exact) mass is 553 g/mol. The third-order valence-electron chi connectivity index (χ3n) is 6.55. The molecule has 0 radical (unpaired) electrons. The number of hydrogen-bond acceptors (Lipinski definition) is 7. The van der Waals surface area contributed by atoms with Crippen LogP contribution < -0.4 is 74.1 Å². The van der Waals surface area contributed by atoms with Gasteiger partial charge in [-0.15, -0.1) is 0 Å². The first-order valence-corrected chi connectivity index (χ1v) is 12.5. The Balaban J connectivity index is 0.00000220. The molecular weight excluding hydrogens is 528 g/mol. The Bertz CT molecular complexity index is 1590. The number of carboxylic acids is 2. The van der Waals surface area contributed by atoms with Gasteiger partial charge in [0.2, 0.25) is 5.89 Å². The molecule has 0 aliphatic rings. The Hall–Kier alpha value is -2.65. The molecular formula is C31H25NNa2O6. The van der Waals surface area contributed by atoms with Crippen LogP contribution in [0.1, 0.15) is 25.7 Å². The molecule has 40 heavy (non-hydrogen) atoms. The van der Waals surface area contributed by atoms with Crippen molar-refractivity contribution in [1.82, 2.24) is 4.98 Å². The number of oxazole rings is 1. The zero-order valence-electron chi connectivity index (χ0n) is 22.6. The number of ether oxygens (including phenoxy) is 1. The second kappa shape index (κ2) is 14.8. The number of benzene rings is 4. The summed E-state index contributed by atoms with van der Waals surface area (Å²) in [6, 6.07) is 27.9. The van der Waals surface area contributed by atoms with E-state index in [2.05, 4.69) is 12.1 Å². The van der Waals surface area contributed by atoms with Crippen LogP contribution >= 0.6 is 0 Å². The number of rotatable bonds is 11. The number of unbranched alkanes of at least 4 members (excludes halogenated alkanes) is 2. The van der Waals surface area contributed by atoms with E-state index in [0.29, 0.717) is 37.5 Å². The molecule has 0 N–H and O–H groups in total. The quantitative estimate of drug-likeness (QED) is 0.110. The van der Waals surface area contributed by atoms with Crippen molar-refractivity contribution < 1.29 is 88.1 Å². The van der Waals surface area contributed by atoms with Crippen LogP contribution in [-0.4, -0.2) is 23.5 Å². The average molecular weight is 554 g/mol. The third-order valence-corrected chi connectivity index (χ3v) is 6.55. The van der Waals surface area contributed by atoms with Crippen LogP contribution in [0.25, 0.3) is 44.5 Å². The molecule has 0 bridgehead atoms. The number of carboxylic acid groups (broad SMARTS) is 2. The minimum Gasteiger partial charge on any atom is -0.549 e. The van der Waals surface area contributed by atoms with Gasteiger partial charge in [-0.3, -0.25) is 0 Å². The number of aliphatic carboxylic acids is 2. The van der Waals surface area contributed by atoms with E-state index in [1.165, 1.54) is 0 Å². The molecule has 0 spiro atoms. The van der Waals surface area contributed by atoms with Gasteiger partial charge in [0.25, 0.3) is 0 Å². The van der Waals surface area contributed by atoms with E-state index in [9.17, 15) is 19.8 Å². The van der Waals surface area contributed by atoms with Gasteiger partial charge in [0.1, 0.15) is 11.3 Å². The average Bonchev–Trinajstić information content (AvgIpc) is 3.35. The number of aromatic nitrogens is 1. The fourth-order valence-corrected chi connectivity index (χ4v) is 4.54. The van der Waals surface area contributed by atoms with Crippen molar-refractivity contribution in [2.45, 2.75) is 25.7 Å². The molecule has 0 saturated carbocycles. The molecule has 0 atom stereocenters. The topological polar surface area (TPSA) is 116 Å². The Labute approximate surface area is 276 Å². The predicted molar refractivity (Wildman–Crippen MR) is 140 cm³/mol. The molecule has 1 heterocycles. The number of carbonyl (C=O) groups excluding carboxylic acids is 2. The molecule has 0 aliphatic heterocycles. The fraction of sp³-hybridized carbons (Fsp3) is 0.194. The van der Waals surface area contributed by atoms with Crippen molar-refractivity contribution in [3.8, 4) is 28.3 Å². The van der Waals surface area contributed by atoms with Crippen molar-refractivity contribution in [2.75, 3.05) is 6.61 Å². The van der Waals surface area contributed by atoms with Crippen LogP contribution in [0.2, 0.25) is 0 Å². The maximum absolute atomic E-state index is 10.8. The van der Waals surface area contributed by atoms with Gasteiger partial charge in [-0.2, -0.15) is 0 Å². The van der Waals surface area contributed by atoms with Gasteiger partial charge in [-0.05, 0) is 71.1 Å². The largest absolute Gasteiger partial charge is 1.00 e. The minimum absolute atomic E-state index is 0. The molecule has 5 rings (SSSR count). The SMILES string of the molecule is O=C([O-])C(CCCCCOc1ccc2c(-c3nc4cc(-c5ccccc5)ccc4o3)cccc2c1)C(=O)[O-].[Na+].[Na+]. The number of fused-ring (bicyclic) bond motifs is 2. The molecule has 0 saturated heterocycles. The normalized spacial score (nSPS) is 10.7. The Morgan fingerprint density at radius 2 is 1.57 bits per heavy atom. The first-order chi connectivity index (χ1) is 18.5. The third kappa shape index (κ3) is 7.55. The molecule has 5 aromatic rings. The molecule has 1 aromatic heterocycles. The summed E-state index contributed by atoms with van der Waals surface area (Å²) < 4.78 is 12.0. The number of carbonyl (C=O) groups is 2. The van der Waals surface area contributed by atoms with E-state index >= 15 is 0 Å². The van der Waals surface area contributed by atoms with Crippen molar-refractivity contribution in [3.05, 3.63) is 84.9 Å². The first kappa shape index (κ1) is 31.9. The predicted octanol–water partition coefficient (Wildman–Crippen LogP) is -1.62. The first-order valence-electron chi connectivity index (χ1n) is 12.5. The van der Waals surface area contributed by atoms with Gasteiger partial charge >= 0.3 is 59.1 Å².